The molecule has 0 spiro atoms. The van der Waals surface area contributed by atoms with Crippen LogP contribution in [0.5, 0.6) is 0 Å². The molecular weight excluding hydrogens is 284 g/mol. The summed E-state index contributed by atoms with van der Waals surface area (Å²) in [7, 11) is 1.81. The highest BCUT2D eigenvalue weighted by atomic mass is 16.1. The molecule has 122 valence electrons. The minimum Gasteiger partial charge on any atom is -0.318 e. The lowest BCUT2D eigenvalue weighted by molar-refractivity contribution is 0.175. The van der Waals surface area contributed by atoms with Crippen LogP contribution in [-0.2, 0) is 7.05 Å². The molecule has 1 aromatic heterocycles. The van der Waals surface area contributed by atoms with Gasteiger partial charge < -0.3 is 4.57 Å². The molecule has 1 aromatic carbocycles. The molecule has 1 aliphatic rings. The van der Waals surface area contributed by atoms with Gasteiger partial charge in [0, 0.05) is 24.8 Å². The Morgan fingerprint density at radius 2 is 1.65 bits per heavy atom. The van der Waals surface area contributed by atoms with Crippen LogP contribution in [0.2, 0.25) is 0 Å². The van der Waals surface area contributed by atoms with Crippen molar-refractivity contribution in [1.29, 1.82) is 0 Å². The van der Waals surface area contributed by atoms with Gasteiger partial charge >= 0.3 is 0 Å². The molecule has 1 saturated heterocycles. The Bertz CT molecular complexity index is 698. The number of likely N-dealkylation sites (tertiary alicyclic amines) is 1. The maximum Gasteiger partial charge on any atom is 0.253 e. The van der Waals surface area contributed by atoms with E-state index in [4.69, 9.17) is 0 Å². The van der Waals surface area contributed by atoms with E-state index >= 15 is 0 Å². The van der Waals surface area contributed by atoms with Crippen molar-refractivity contribution in [1.82, 2.24) is 9.47 Å². The van der Waals surface area contributed by atoms with Crippen molar-refractivity contribution in [2.24, 2.45) is 7.05 Å². The number of hydrogen-bond donors (Lipinski definition) is 0. The van der Waals surface area contributed by atoms with Crippen molar-refractivity contribution in [3.63, 3.8) is 0 Å². The van der Waals surface area contributed by atoms with E-state index in [0.29, 0.717) is 6.04 Å². The van der Waals surface area contributed by atoms with Crippen molar-refractivity contribution in [2.75, 3.05) is 13.1 Å². The lowest BCUT2D eigenvalue weighted by atomic mass is 9.99. The maximum atomic E-state index is 11.8. The average Bonchev–Trinajstić information content (AvgIpc) is 2.59. The van der Waals surface area contributed by atoms with E-state index in [2.05, 4.69) is 36.1 Å². The second kappa shape index (κ2) is 6.71. The first-order valence-corrected chi connectivity index (χ1v) is 8.58. The predicted molar refractivity (Wildman–Crippen MR) is 95.7 cm³/mol. The van der Waals surface area contributed by atoms with E-state index in [9.17, 15) is 4.79 Å². The molecule has 3 heteroatoms. The van der Waals surface area contributed by atoms with Crippen LogP contribution in [0.15, 0.2) is 41.3 Å². The van der Waals surface area contributed by atoms with Crippen molar-refractivity contribution >= 4 is 0 Å². The van der Waals surface area contributed by atoms with Crippen molar-refractivity contribution in [3.8, 4) is 11.1 Å². The summed E-state index contributed by atoms with van der Waals surface area (Å²) in [5, 5.41) is 0. The van der Waals surface area contributed by atoms with Crippen LogP contribution < -0.4 is 5.56 Å². The molecule has 23 heavy (non-hydrogen) atoms. The highest BCUT2D eigenvalue weighted by molar-refractivity contribution is 5.63. The second-order valence-corrected chi connectivity index (χ2v) is 6.72. The van der Waals surface area contributed by atoms with E-state index in [1.165, 1.54) is 43.5 Å². The summed E-state index contributed by atoms with van der Waals surface area (Å²) in [6.45, 7) is 6.60. The minimum atomic E-state index is 0.0732. The summed E-state index contributed by atoms with van der Waals surface area (Å²) in [6.07, 6.45) is 5.92. The number of benzene rings is 1. The highest BCUT2D eigenvalue weighted by Crippen LogP contribution is 2.26. The molecule has 3 nitrogen and oxygen atoms in total. The molecule has 0 bridgehead atoms. The molecule has 3 rings (SSSR count). The van der Waals surface area contributed by atoms with E-state index in [0.717, 1.165) is 11.1 Å². The molecule has 2 aromatic rings. The first-order chi connectivity index (χ1) is 11.1. The summed E-state index contributed by atoms with van der Waals surface area (Å²) < 4.78 is 1.66. The quantitative estimate of drug-likeness (QED) is 0.859. The summed E-state index contributed by atoms with van der Waals surface area (Å²) in [5.74, 6) is 0. The monoisotopic (exact) mass is 310 g/mol. The third kappa shape index (κ3) is 3.40. The summed E-state index contributed by atoms with van der Waals surface area (Å²) in [5.41, 5.74) is 4.50. The molecule has 0 N–H and O–H groups in total. The Morgan fingerprint density at radius 3 is 2.26 bits per heavy atom. The lowest BCUT2D eigenvalue weighted by Gasteiger charge is -2.32. The first-order valence-electron chi connectivity index (χ1n) is 8.58. The van der Waals surface area contributed by atoms with Gasteiger partial charge in [0.05, 0.1) is 0 Å². The number of nitrogens with zero attached hydrogens (tertiary/aromatic N) is 2. The van der Waals surface area contributed by atoms with E-state index in [-0.39, 0.29) is 5.56 Å². The van der Waals surface area contributed by atoms with E-state index in [1.54, 1.807) is 4.57 Å². The fraction of sp³-hybridized carbons (Fsp3) is 0.450. The summed E-state index contributed by atoms with van der Waals surface area (Å²) in [4.78, 5) is 14.4. The third-order valence-electron chi connectivity index (χ3n) is 5.03. The number of hydrogen-bond acceptors (Lipinski definition) is 2. The zero-order valence-electron chi connectivity index (χ0n) is 14.4. The van der Waals surface area contributed by atoms with E-state index < -0.39 is 0 Å². The second-order valence-electron chi connectivity index (χ2n) is 6.72. The smallest absolute Gasteiger partial charge is 0.253 e. The van der Waals surface area contributed by atoms with Gasteiger partial charge in [-0.15, -0.1) is 0 Å². The Hall–Kier alpha value is -1.87. The first kappa shape index (κ1) is 16.0. The van der Waals surface area contributed by atoms with Gasteiger partial charge in [-0.05, 0) is 62.5 Å². The summed E-state index contributed by atoms with van der Waals surface area (Å²) >= 11 is 0. The van der Waals surface area contributed by atoms with Crippen LogP contribution in [-0.4, -0.2) is 22.6 Å². The Balaban J connectivity index is 1.83. The van der Waals surface area contributed by atoms with Crippen molar-refractivity contribution in [2.45, 2.75) is 39.2 Å². The number of piperidine rings is 1. The molecular formula is C20H26N2O. The molecule has 0 unspecified atom stereocenters. The zero-order valence-corrected chi connectivity index (χ0v) is 14.4. The standard InChI is InChI=1S/C20H26N2O/c1-15-13-19(14-21(3)20(15)23)18-9-7-17(8-10-18)16(2)22-11-5-4-6-12-22/h7-10,13-14,16H,4-6,11-12H2,1-3H3/t16-/m1/s1. The number of rotatable bonds is 3. The van der Waals surface area contributed by atoms with Gasteiger partial charge in [0.2, 0.25) is 0 Å². The maximum absolute atomic E-state index is 11.8. The van der Waals surface area contributed by atoms with Crippen LogP contribution in [0.3, 0.4) is 0 Å². The minimum absolute atomic E-state index is 0.0732. The van der Waals surface area contributed by atoms with Crippen molar-refractivity contribution < 1.29 is 0 Å². The Labute approximate surface area is 138 Å². The molecule has 0 aliphatic carbocycles. The molecule has 0 amide bonds. The van der Waals surface area contributed by atoms with Crippen LogP contribution in [0, 0.1) is 6.92 Å². The Morgan fingerprint density at radius 1 is 1.00 bits per heavy atom. The van der Waals surface area contributed by atoms with Crippen molar-refractivity contribution in [3.05, 3.63) is 58.0 Å². The third-order valence-corrected chi connectivity index (χ3v) is 5.03. The average molecular weight is 310 g/mol. The molecule has 0 radical (unpaired) electrons. The number of aryl methyl sites for hydroxylation is 2. The van der Waals surface area contributed by atoms with Gasteiger partial charge in [0.15, 0.2) is 0 Å². The van der Waals surface area contributed by atoms with Crippen LogP contribution in [0.4, 0.5) is 0 Å². The topological polar surface area (TPSA) is 25.2 Å². The van der Waals surface area contributed by atoms with Gasteiger partial charge in [0.1, 0.15) is 0 Å². The normalized spacial score (nSPS) is 17.2. The number of aromatic nitrogens is 1. The van der Waals surface area contributed by atoms with Crippen LogP contribution >= 0.6 is 0 Å². The molecule has 1 aliphatic heterocycles. The summed E-state index contributed by atoms with van der Waals surface area (Å²) in [6, 6.07) is 11.3. The fourth-order valence-corrected chi connectivity index (χ4v) is 3.51. The number of pyridine rings is 1. The van der Waals surface area contributed by atoms with Gasteiger partial charge in [-0.25, -0.2) is 0 Å². The lowest BCUT2D eigenvalue weighted by Crippen LogP contribution is -2.32. The Kier molecular flexibility index (Phi) is 4.67. The molecule has 2 heterocycles. The molecule has 1 fully saturated rings. The van der Waals surface area contributed by atoms with Gasteiger partial charge in [-0.3, -0.25) is 9.69 Å². The van der Waals surface area contributed by atoms with Gasteiger partial charge in [-0.1, -0.05) is 30.7 Å². The van der Waals surface area contributed by atoms with Gasteiger partial charge in [-0.2, -0.15) is 0 Å². The predicted octanol–water partition coefficient (Wildman–Crippen LogP) is 3.91. The fourth-order valence-electron chi connectivity index (χ4n) is 3.51. The SMILES string of the molecule is Cc1cc(-c2ccc([C@@H](C)N3CCCCC3)cc2)cn(C)c1=O. The van der Waals surface area contributed by atoms with Crippen LogP contribution in [0.1, 0.15) is 43.4 Å². The zero-order chi connectivity index (χ0) is 16.4. The van der Waals surface area contributed by atoms with Gasteiger partial charge in [0.25, 0.3) is 5.56 Å². The highest BCUT2D eigenvalue weighted by Gasteiger charge is 2.18. The van der Waals surface area contributed by atoms with Crippen LogP contribution in [0.25, 0.3) is 11.1 Å². The molecule has 1 atom stereocenters. The molecule has 0 saturated carbocycles. The van der Waals surface area contributed by atoms with E-state index in [1.807, 2.05) is 26.2 Å². The largest absolute Gasteiger partial charge is 0.318 e.